The normalized spacial score (nSPS) is 11.9. The third-order valence-electron chi connectivity index (χ3n) is 2.96. The molecule has 0 atom stereocenters. The molecule has 2 rings (SSSR count). The zero-order chi connectivity index (χ0) is 18.3. The van der Waals surface area contributed by atoms with E-state index in [0.29, 0.717) is 13.0 Å². The van der Waals surface area contributed by atoms with E-state index in [4.69, 9.17) is 24.4 Å². The summed E-state index contributed by atoms with van der Waals surface area (Å²) in [7, 11) is -3.20. The van der Waals surface area contributed by atoms with Gasteiger partial charge in [0.05, 0.1) is 19.8 Å². The highest BCUT2D eigenvalue weighted by molar-refractivity contribution is 7.53. The van der Waals surface area contributed by atoms with Crippen molar-refractivity contribution in [2.24, 2.45) is 0 Å². The molecule has 0 fully saturated rings. The van der Waals surface area contributed by atoms with Crippen LogP contribution in [0, 0.1) is 0 Å². The molecule has 0 aromatic carbocycles. The maximum Gasteiger partial charge on any atom is 0.356 e. The highest BCUT2D eigenvalue weighted by atomic mass is 31.2. The van der Waals surface area contributed by atoms with Crippen LogP contribution in [-0.4, -0.2) is 52.5 Å². The number of aromatic nitrogens is 4. The predicted octanol–water partition coefficient (Wildman–Crippen LogP) is 0.761. The number of rotatable bonds is 11. The number of H-pyrrole nitrogens is 1. The number of nitrogen functional groups attached to an aromatic ring is 1. The van der Waals surface area contributed by atoms with Crippen LogP contribution < -0.4 is 16.1 Å². The van der Waals surface area contributed by atoms with Gasteiger partial charge in [0.15, 0.2) is 5.52 Å². The number of ether oxygens (including phenoxy) is 1. The van der Waals surface area contributed by atoms with Gasteiger partial charge in [-0.05, 0) is 13.8 Å². The van der Waals surface area contributed by atoms with Crippen LogP contribution in [0.1, 0.15) is 20.3 Å². The van der Waals surface area contributed by atoms with Gasteiger partial charge in [0, 0.05) is 6.42 Å². The fraction of sp³-hybridized carbons (Fsp3) is 0.615. The lowest BCUT2D eigenvalue weighted by atomic mass is 10.5. The fourth-order valence-electron chi connectivity index (χ4n) is 2.01. The van der Waals surface area contributed by atoms with E-state index in [1.165, 1.54) is 11.1 Å². The van der Waals surface area contributed by atoms with Crippen LogP contribution in [0.4, 0.5) is 5.95 Å². The van der Waals surface area contributed by atoms with Crippen molar-refractivity contribution >= 4 is 24.7 Å². The highest BCUT2D eigenvalue weighted by Gasteiger charge is 2.23. The van der Waals surface area contributed by atoms with Gasteiger partial charge in [-0.1, -0.05) is 0 Å². The Balaban J connectivity index is 1.78. The molecule has 2 aromatic rings. The van der Waals surface area contributed by atoms with Crippen LogP contribution in [0.15, 0.2) is 11.1 Å². The van der Waals surface area contributed by atoms with E-state index in [2.05, 4.69) is 15.0 Å². The Kier molecular flexibility index (Phi) is 6.94. The Hall–Kier alpha value is -1.94. The predicted molar refractivity (Wildman–Crippen MR) is 90.3 cm³/mol. The molecule has 140 valence electrons. The fourth-order valence-corrected chi connectivity index (χ4v) is 3.37. The van der Waals surface area contributed by atoms with Crippen molar-refractivity contribution in [1.82, 2.24) is 19.7 Å². The Labute approximate surface area is 143 Å². The van der Waals surface area contributed by atoms with Gasteiger partial charge in [-0.3, -0.25) is 14.3 Å². The lowest BCUT2D eigenvalue weighted by Gasteiger charge is -2.16. The molecule has 0 unspecified atom stereocenters. The Morgan fingerprint density at radius 3 is 2.68 bits per heavy atom. The van der Waals surface area contributed by atoms with Crippen molar-refractivity contribution in [1.29, 1.82) is 0 Å². The molecular formula is C13H22N5O6P. The first-order valence-electron chi connectivity index (χ1n) is 7.81. The third-order valence-corrected chi connectivity index (χ3v) is 4.76. The minimum atomic E-state index is -3.20. The monoisotopic (exact) mass is 375 g/mol. The van der Waals surface area contributed by atoms with E-state index in [-0.39, 0.29) is 43.3 Å². The van der Waals surface area contributed by atoms with E-state index in [1.54, 1.807) is 13.8 Å². The van der Waals surface area contributed by atoms with Crippen molar-refractivity contribution in [2.45, 2.75) is 20.3 Å². The summed E-state index contributed by atoms with van der Waals surface area (Å²) in [6.07, 6.45) is 1.73. The number of hydrogen-bond acceptors (Lipinski definition) is 9. The zero-order valence-corrected chi connectivity index (χ0v) is 15.0. The Morgan fingerprint density at radius 1 is 1.28 bits per heavy atom. The summed E-state index contributed by atoms with van der Waals surface area (Å²) >= 11 is 0. The van der Waals surface area contributed by atoms with Gasteiger partial charge in [0.25, 0.3) is 5.56 Å². The summed E-state index contributed by atoms with van der Waals surface area (Å²) in [4.78, 5) is 27.4. The van der Waals surface area contributed by atoms with Gasteiger partial charge in [-0.25, -0.2) is 4.98 Å². The van der Waals surface area contributed by atoms with Crippen molar-refractivity contribution in [3.8, 4) is 0 Å². The van der Waals surface area contributed by atoms with Crippen LogP contribution in [0.25, 0.3) is 11.2 Å². The van der Waals surface area contributed by atoms with E-state index in [9.17, 15) is 9.36 Å². The lowest BCUT2D eigenvalue weighted by Crippen LogP contribution is -2.17. The molecule has 11 nitrogen and oxygen atoms in total. The zero-order valence-electron chi connectivity index (χ0n) is 14.1. The van der Waals surface area contributed by atoms with Crippen molar-refractivity contribution < 1.29 is 23.2 Å². The summed E-state index contributed by atoms with van der Waals surface area (Å²) in [5.74, 6) is -0.0196. The molecule has 0 radical (unpaired) electrons. The standard InChI is InChI=1S/C13H22N5O6P/c1-3-23-25(20,24-4-2)9-21-6-5-7-22-18-8-15-10-11(18)16-13(14)17-12(10)19/h8H,3-7,9H2,1-2H3,(H3,14,16,17,19). The number of nitrogens with one attached hydrogen (secondary N) is 1. The molecule has 0 bridgehead atoms. The molecule has 0 aliphatic carbocycles. The summed E-state index contributed by atoms with van der Waals surface area (Å²) in [5.41, 5.74) is 5.44. The van der Waals surface area contributed by atoms with Crippen LogP contribution >= 0.6 is 7.60 Å². The van der Waals surface area contributed by atoms with Gasteiger partial charge in [0.1, 0.15) is 19.3 Å². The lowest BCUT2D eigenvalue weighted by molar-refractivity contribution is 0.0802. The molecule has 0 aliphatic heterocycles. The van der Waals surface area contributed by atoms with Gasteiger partial charge >= 0.3 is 7.60 Å². The summed E-state index contributed by atoms with van der Waals surface area (Å²) in [5, 5.41) is 0. The van der Waals surface area contributed by atoms with Gasteiger partial charge in [0.2, 0.25) is 11.6 Å². The number of nitrogens with two attached hydrogens (primary N) is 1. The molecule has 12 heteroatoms. The average molecular weight is 375 g/mol. The Bertz CT molecular complexity index is 781. The second-order valence-corrected chi connectivity index (χ2v) is 6.86. The first-order chi connectivity index (χ1) is 12.0. The molecule has 0 amide bonds. The van der Waals surface area contributed by atoms with Crippen LogP contribution in [0.3, 0.4) is 0 Å². The smallest absolute Gasteiger partial charge is 0.356 e. The van der Waals surface area contributed by atoms with Gasteiger partial charge < -0.3 is 24.4 Å². The summed E-state index contributed by atoms with van der Waals surface area (Å²) < 4.78 is 29.0. The first kappa shape index (κ1) is 19.4. The number of hydrogen-bond donors (Lipinski definition) is 2. The van der Waals surface area contributed by atoms with Crippen LogP contribution in [0.2, 0.25) is 0 Å². The largest absolute Gasteiger partial charge is 0.411 e. The quantitative estimate of drug-likeness (QED) is 0.429. The molecule has 25 heavy (non-hydrogen) atoms. The van der Waals surface area contributed by atoms with Gasteiger partial charge in [-0.2, -0.15) is 9.71 Å². The number of anilines is 1. The molecule has 2 aromatic heterocycles. The van der Waals surface area contributed by atoms with Crippen LogP contribution in [-0.2, 0) is 18.3 Å². The van der Waals surface area contributed by atoms with E-state index in [1.807, 2.05) is 0 Å². The first-order valence-corrected chi connectivity index (χ1v) is 9.54. The van der Waals surface area contributed by atoms with Crippen LogP contribution in [0.5, 0.6) is 0 Å². The van der Waals surface area contributed by atoms with E-state index >= 15 is 0 Å². The topological polar surface area (TPSA) is 144 Å². The van der Waals surface area contributed by atoms with Crippen molar-refractivity contribution in [3.63, 3.8) is 0 Å². The number of nitrogens with zero attached hydrogens (tertiary/aromatic N) is 3. The number of aromatic amines is 1. The second kappa shape index (κ2) is 8.95. The molecule has 0 saturated carbocycles. The summed E-state index contributed by atoms with van der Waals surface area (Å²) in [6, 6.07) is 0. The molecule has 0 aliphatic rings. The highest BCUT2D eigenvalue weighted by Crippen LogP contribution is 2.47. The second-order valence-electron chi connectivity index (χ2n) is 4.86. The Morgan fingerprint density at radius 2 is 2.00 bits per heavy atom. The maximum atomic E-state index is 12.2. The minimum Gasteiger partial charge on any atom is -0.411 e. The van der Waals surface area contributed by atoms with Crippen molar-refractivity contribution in [2.75, 3.05) is 38.5 Å². The summed E-state index contributed by atoms with van der Waals surface area (Å²) in [6.45, 7) is 4.61. The van der Waals surface area contributed by atoms with E-state index in [0.717, 1.165) is 0 Å². The molecule has 0 spiro atoms. The van der Waals surface area contributed by atoms with E-state index < -0.39 is 13.2 Å². The molecule has 2 heterocycles. The number of imidazole rings is 1. The molecular weight excluding hydrogens is 353 g/mol. The number of fused-ring (bicyclic) bond motifs is 1. The minimum absolute atomic E-state index is 0.0196. The van der Waals surface area contributed by atoms with Crippen molar-refractivity contribution in [3.05, 3.63) is 16.7 Å². The molecule has 3 N–H and O–H groups in total. The maximum absolute atomic E-state index is 12.2. The SMILES string of the molecule is CCOP(=O)(COCCCOn1cnc2c(=O)[nH]c(N)nc21)OCC. The third kappa shape index (κ3) is 5.27. The molecule has 0 saturated heterocycles. The average Bonchev–Trinajstić information content (AvgIpc) is 2.94. The van der Waals surface area contributed by atoms with Gasteiger partial charge in [-0.15, -0.1) is 0 Å².